The Kier molecular flexibility index (Phi) is 5.09. The van der Waals surface area contributed by atoms with Crippen molar-refractivity contribution >= 4 is 33.3 Å². The summed E-state index contributed by atoms with van der Waals surface area (Å²) in [7, 11) is 1.28. The molecule has 0 aliphatic carbocycles. The molecule has 0 N–H and O–H groups in total. The molecule has 0 aliphatic heterocycles. The lowest BCUT2D eigenvalue weighted by Gasteiger charge is -2.20. The van der Waals surface area contributed by atoms with Crippen LogP contribution in [0.3, 0.4) is 0 Å². The molecule has 1 amide bonds. The monoisotopic (exact) mass is 357 g/mol. The van der Waals surface area contributed by atoms with E-state index in [1.807, 2.05) is 30.3 Å². The standard InChI is InChI=1S/C19H16FNO3S/c1-24-18(22)12-21(11-13-6-3-2-4-7-13)19(23)17-10-14-15(20)8-5-9-16(14)25-17/h2-10H,11-12H2,1H3. The number of carbonyl (C=O) groups excluding carboxylic acids is 2. The molecule has 0 spiro atoms. The SMILES string of the molecule is COC(=O)CN(Cc1ccccc1)C(=O)c1cc2c(F)cccc2s1. The summed E-state index contributed by atoms with van der Waals surface area (Å²) in [6, 6.07) is 15.6. The normalized spacial score (nSPS) is 10.6. The summed E-state index contributed by atoms with van der Waals surface area (Å²) in [5.74, 6) is -1.19. The van der Waals surface area contributed by atoms with Crippen molar-refractivity contribution in [1.29, 1.82) is 0 Å². The van der Waals surface area contributed by atoms with Gasteiger partial charge in [-0.05, 0) is 23.8 Å². The Morgan fingerprint density at radius 3 is 2.56 bits per heavy atom. The summed E-state index contributed by atoms with van der Waals surface area (Å²) in [6.07, 6.45) is 0. The predicted octanol–water partition coefficient (Wildman–Crippen LogP) is 3.86. The van der Waals surface area contributed by atoms with Gasteiger partial charge in [0.15, 0.2) is 0 Å². The molecule has 0 bridgehead atoms. The van der Waals surface area contributed by atoms with Gasteiger partial charge in [0.1, 0.15) is 12.4 Å². The van der Waals surface area contributed by atoms with E-state index in [4.69, 9.17) is 4.74 Å². The topological polar surface area (TPSA) is 46.6 Å². The number of amides is 1. The highest BCUT2D eigenvalue weighted by Crippen LogP contribution is 2.28. The number of rotatable bonds is 5. The number of hydrogen-bond donors (Lipinski definition) is 0. The Bertz CT molecular complexity index is 907. The maximum atomic E-state index is 13.9. The number of nitrogens with zero attached hydrogens (tertiary/aromatic N) is 1. The largest absolute Gasteiger partial charge is 0.468 e. The van der Waals surface area contributed by atoms with Gasteiger partial charge in [0, 0.05) is 16.6 Å². The number of halogens is 1. The number of fused-ring (bicyclic) bond motifs is 1. The fourth-order valence-corrected chi connectivity index (χ4v) is 3.55. The lowest BCUT2D eigenvalue weighted by Crippen LogP contribution is -2.35. The maximum absolute atomic E-state index is 13.9. The van der Waals surface area contributed by atoms with Gasteiger partial charge in [-0.3, -0.25) is 9.59 Å². The molecule has 0 fully saturated rings. The molecule has 0 aliphatic rings. The third-order valence-electron chi connectivity index (χ3n) is 3.77. The molecule has 0 saturated heterocycles. The minimum atomic E-state index is -0.503. The van der Waals surface area contributed by atoms with Crippen LogP contribution in [0.1, 0.15) is 15.2 Å². The Morgan fingerprint density at radius 2 is 1.88 bits per heavy atom. The van der Waals surface area contributed by atoms with Gasteiger partial charge in [0.05, 0.1) is 12.0 Å². The zero-order chi connectivity index (χ0) is 17.8. The van der Waals surface area contributed by atoms with E-state index < -0.39 is 5.97 Å². The first kappa shape index (κ1) is 17.1. The van der Waals surface area contributed by atoms with Gasteiger partial charge in [-0.1, -0.05) is 36.4 Å². The smallest absolute Gasteiger partial charge is 0.325 e. The first-order chi connectivity index (χ1) is 12.1. The average Bonchev–Trinajstić information content (AvgIpc) is 3.07. The van der Waals surface area contributed by atoms with Gasteiger partial charge in [0.2, 0.25) is 0 Å². The van der Waals surface area contributed by atoms with Crippen molar-refractivity contribution in [3.8, 4) is 0 Å². The van der Waals surface area contributed by atoms with Crippen molar-refractivity contribution < 1.29 is 18.7 Å². The molecular weight excluding hydrogens is 341 g/mol. The summed E-state index contributed by atoms with van der Waals surface area (Å²) < 4.78 is 19.3. The molecule has 128 valence electrons. The van der Waals surface area contributed by atoms with Crippen LogP contribution in [0, 0.1) is 5.82 Å². The number of thiophene rings is 1. The van der Waals surface area contributed by atoms with Gasteiger partial charge in [-0.2, -0.15) is 0 Å². The first-order valence-corrected chi connectivity index (χ1v) is 8.48. The van der Waals surface area contributed by atoms with Crippen LogP contribution in [-0.4, -0.2) is 30.4 Å². The van der Waals surface area contributed by atoms with E-state index in [1.54, 1.807) is 12.1 Å². The van der Waals surface area contributed by atoms with Crippen molar-refractivity contribution in [3.05, 3.63) is 70.9 Å². The second-order valence-corrected chi connectivity index (χ2v) is 6.57. The van der Waals surface area contributed by atoms with Crippen LogP contribution < -0.4 is 0 Å². The molecule has 4 nitrogen and oxygen atoms in total. The molecule has 0 unspecified atom stereocenters. The molecule has 6 heteroatoms. The van der Waals surface area contributed by atoms with E-state index in [0.717, 1.165) is 5.56 Å². The molecular formula is C19H16FNO3S. The molecule has 2 aromatic carbocycles. The summed E-state index contributed by atoms with van der Waals surface area (Å²) >= 11 is 1.21. The molecule has 0 atom stereocenters. The minimum Gasteiger partial charge on any atom is -0.468 e. The highest BCUT2D eigenvalue weighted by Gasteiger charge is 2.22. The number of ether oxygens (including phenoxy) is 1. The molecule has 1 aromatic heterocycles. The van der Waals surface area contributed by atoms with Crippen molar-refractivity contribution in [1.82, 2.24) is 4.90 Å². The van der Waals surface area contributed by atoms with Crippen molar-refractivity contribution in [2.75, 3.05) is 13.7 Å². The van der Waals surface area contributed by atoms with Gasteiger partial charge in [0.25, 0.3) is 5.91 Å². The first-order valence-electron chi connectivity index (χ1n) is 7.66. The van der Waals surface area contributed by atoms with Gasteiger partial charge in [-0.25, -0.2) is 4.39 Å². The van der Waals surface area contributed by atoms with E-state index in [-0.39, 0.29) is 24.8 Å². The van der Waals surface area contributed by atoms with Gasteiger partial charge < -0.3 is 9.64 Å². The quantitative estimate of drug-likeness (QED) is 0.652. The van der Waals surface area contributed by atoms with E-state index in [9.17, 15) is 14.0 Å². The van der Waals surface area contributed by atoms with E-state index in [2.05, 4.69) is 0 Å². The van der Waals surface area contributed by atoms with Gasteiger partial charge in [-0.15, -0.1) is 11.3 Å². The number of esters is 1. The van der Waals surface area contributed by atoms with Crippen molar-refractivity contribution in [3.63, 3.8) is 0 Å². The fourth-order valence-electron chi connectivity index (χ4n) is 2.51. The zero-order valence-corrected chi connectivity index (χ0v) is 14.4. The third-order valence-corrected chi connectivity index (χ3v) is 4.86. The van der Waals surface area contributed by atoms with Crippen molar-refractivity contribution in [2.45, 2.75) is 6.54 Å². The number of carbonyl (C=O) groups is 2. The second kappa shape index (κ2) is 7.44. The summed E-state index contributed by atoms with van der Waals surface area (Å²) in [4.78, 5) is 26.4. The van der Waals surface area contributed by atoms with Gasteiger partial charge >= 0.3 is 5.97 Å². The van der Waals surface area contributed by atoms with Crippen LogP contribution in [-0.2, 0) is 16.1 Å². The molecule has 3 aromatic rings. The lowest BCUT2D eigenvalue weighted by molar-refractivity contribution is -0.141. The van der Waals surface area contributed by atoms with Crippen LogP contribution in [0.15, 0.2) is 54.6 Å². The van der Waals surface area contributed by atoms with Crippen LogP contribution in [0.5, 0.6) is 0 Å². The Balaban J connectivity index is 1.91. The number of benzene rings is 2. The molecule has 0 radical (unpaired) electrons. The number of hydrogen-bond acceptors (Lipinski definition) is 4. The Hall–Kier alpha value is -2.73. The zero-order valence-electron chi connectivity index (χ0n) is 13.6. The lowest BCUT2D eigenvalue weighted by atomic mass is 10.2. The highest BCUT2D eigenvalue weighted by molar-refractivity contribution is 7.20. The van der Waals surface area contributed by atoms with Crippen LogP contribution >= 0.6 is 11.3 Å². The maximum Gasteiger partial charge on any atom is 0.325 e. The molecule has 3 rings (SSSR count). The molecule has 0 saturated carbocycles. The van der Waals surface area contributed by atoms with Crippen LogP contribution in [0.25, 0.3) is 10.1 Å². The molecule has 25 heavy (non-hydrogen) atoms. The second-order valence-electron chi connectivity index (χ2n) is 5.49. The van der Waals surface area contributed by atoms with Crippen molar-refractivity contribution in [2.24, 2.45) is 0 Å². The highest BCUT2D eigenvalue weighted by atomic mass is 32.1. The van der Waals surface area contributed by atoms with E-state index in [0.29, 0.717) is 15.0 Å². The summed E-state index contributed by atoms with van der Waals surface area (Å²) in [5.41, 5.74) is 0.895. The van der Waals surface area contributed by atoms with E-state index >= 15 is 0 Å². The Morgan fingerprint density at radius 1 is 1.12 bits per heavy atom. The predicted molar refractivity (Wildman–Crippen MR) is 95.0 cm³/mol. The van der Waals surface area contributed by atoms with Crippen LogP contribution in [0.4, 0.5) is 4.39 Å². The minimum absolute atomic E-state index is 0.166. The Labute approximate surface area is 148 Å². The number of methoxy groups -OCH3 is 1. The summed E-state index contributed by atoms with van der Waals surface area (Å²) in [5, 5.41) is 0.411. The summed E-state index contributed by atoms with van der Waals surface area (Å²) in [6.45, 7) is 0.104. The van der Waals surface area contributed by atoms with E-state index in [1.165, 1.54) is 35.5 Å². The fraction of sp³-hybridized carbons (Fsp3) is 0.158. The molecule has 1 heterocycles. The third kappa shape index (κ3) is 3.85. The average molecular weight is 357 g/mol. The van der Waals surface area contributed by atoms with Crippen LogP contribution in [0.2, 0.25) is 0 Å².